The topological polar surface area (TPSA) is 171 Å². The largest absolute Gasteiger partial charge is 0.726 e. The quantitative estimate of drug-likeness (QED) is 0.130. The number of phosphoric acid groups is 2. The van der Waals surface area contributed by atoms with Crippen molar-refractivity contribution in [3.05, 3.63) is 0 Å². The minimum absolute atomic E-state index is 1.51. The van der Waals surface area contributed by atoms with Crippen molar-refractivity contribution in [3.8, 4) is 0 Å². The summed E-state index contributed by atoms with van der Waals surface area (Å²) in [5.74, 6) is 0. The molecule has 0 saturated carbocycles. The van der Waals surface area contributed by atoms with Crippen molar-refractivity contribution in [2.24, 2.45) is 0 Å². The molecule has 0 aliphatic rings. The summed E-state index contributed by atoms with van der Waals surface area (Å²) in [4.78, 5) is 34.6. The van der Waals surface area contributed by atoms with Crippen molar-refractivity contribution < 1.29 is 42.5 Å². The molecule has 0 aromatic heterocycles. The van der Waals surface area contributed by atoms with Crippen LogP contribution < -0.4 is 0 Å². The zero-order chi connectivity index (χ0) is 10.7. The van der Waals surface area contributed by atoms with E-state index in [-0.39, 0.29) is 0 Å². The molecule has 0 heterocycles. The molecular formula is CH5N2O8P2+. The summed E-state index contributed by atoms with van der Waals surface area (Å²) in [7, 11) is -10.1. The highest BCUT2D eigenvalue weighted by molar-refractivity contribution is 7.48. The zero-order valence-corrected chi connectivity index (χ0v) is 7.55. The van der Waals surface area contributed by atoms with Crippen molar-refractivity contribution in [2.45, 2.75) is 0 Å². The van der Waals surface area contributed by atoms with E-state index >= 15 is 0 Å². The van der Waals surface area contributed by atoms with Gasteiger partial charge in [-0.1, -0.05) is 0 Å². The molecule has 0 rings (SSSR count). The molecule has 0 spiro atoms. The Hall–Kier alpha value is -0.720. The molecule has 13 heavy (non-hydrogen) atoms. The number of hydrogen-bond donors (Lipinski definition) is 5. The average Bonchev–Trinajstić information content (AvgIpc) is 1.79. The Morgan fingerprint density at radius 2 is 1.38 bits per heavy atom. The van der Waals surface area contributed by atoms with Crippen LogP contribution in [0.3, 0.4) is 0 Å². The third-order valence-electron chi connectivity index (χ3n) is 0.485. The maximum Gasteiger partial charge on any atom is 0.726 e. The third kappa shape index (κ3) is 7.63. The number of hydrogen-bond acceptors (Lipinski definition) is 5. The molecule has 0 aromatic rings. The Kier molecular flexibility index (Phi) is 3.77. The van der Waals surface area contributed by atoms with E-state index in [0.29, 0.717) is 0 Å². The Labute approximate surface area is 70.8 Å². The highest BCUT2D eigenvalue weighted by Crippen LogP contribution is 2.41. The SMILES string of the molecule is N=[N+]=C(OP(=O)(O)O)OP(=O)(O)O. The van der Waals surface area contributed by atoms with Crippen LogP contribution in [0, 0.1) is 5.53 Å². The van der Waals surface area contributed by atoms with Crippen LogP contribution >= 0.6 is 15.6 Å². The minimum Gasteiger partial charge on any atom is -0.300 e. The van der Waals surface area contributed by atoms with Crippen LogP contribution in [0.15, 0.2) is 0 Å². The minimum atomic E-state index is -5.04. The maximum atomic E-state index is 10.1. The van der Waals surface area contributed by atoms with E-state index < -0.39 is 21.7 Å². The molecule has 0 saturated heterocycles. The molecule has 10 nitrogen and oxygen atoms in total. The maximum absolute atomic E-state index is 10.1. The van der Waals surface area contributed by atoms with E-state index in [2.05, 4.69) is 13.8 Å². The molecule has 0 bridgehead atoms. The third-order valence-corrected chi connectivity index (χ3v) is 1.27. The van der Waals surface area contributed by atoms with Gasteiger partial charge in [0.15, 0.2) is 0 Å². The van der Waals surface area contributed by atoms with E-state index in [9.17, 15) is 9.13 Å². The van der Waals surface area contributed by atoms with Gasteiger partial charge >= 0.3 is 21.7 Å². The van der Waals surface area contributed by atoms with Crippen LogP contribution in [0.5, 0.6) is 0 Å². The highest BCUT2D eigenvalue weighted by atomic mass is 31.2. The van der Waals surface area contributed by atoms with Gasteiger partial charge in [-0.2, -0.15) is 0 Å². The second-order valence-electron chi connectivity index (χ2n) is 1.54. The lowest BCUT2D eigenvalue weighted by molar-refractivity contribution is -0.156. The van der Waals surface area contributed by atoms with Crippen LogP contribution in [-0.4, -0.2) is 30.4 Å². The predicted molar refractivity (Wildman–Crippen MR) is 34.2 cm³/mol. The first-order chi connectivity index (χ1) is 5.64. The van der Waals surface area contributed by atoms with Gasteiger partial charge in [0.25, 0.3) is 0 Å². The first kappa shape index (κ1) is 12.3. The molecule has 5 N–H and O–H groups in total. The van der Waals surface area contributed by atoms with Gasteiger partial charge in [-0.15, -0.1) is 0 Å². The van der Waals surface area contributed by atoms with E-state index in [0.717, 1.165) is 0 Å². The fraction of sp³-hybridized carbons (Fsp3) is 0. The molecule has 0 amide bonds. The Balaban J connectivity index is 4.52. The van der Waals surface area contributed by atoms with Gasteiger partial charge in [-0.3, -0.25) is 19.6 Å². The van der Waals surface area contributed by atoms with E-state index in [1.54, 1.807) is 0 Å². The molecule has 0 fully saturated rings. The summed E-state index contributed by atoms with van der Waals surface area (Å²) < 4.78 is 27.1. The monoisotopic (exact) mass is 235 g/mol. The Morgan fingerprint density at radius 1 is 1.08 bits per heavy atom. The van der Waals surface area contributed by atoms with Gasteiger partial charge in [0.1, 0.15) is 4.79 Å². The van der Waals surface area contributed by atoms with E-state index in [1.807, 2.05) is 0 Å². The second-order valence-corrected chi connectivity index (χ2v) is 3.87. The van der Waals surface area contributed by atoms with Gasteiger partial charge in [-0.05, 0) is 0 Å². The summed E-state index contributed by atoms with van der Waals surface area (Å²) in [6.07, 6.45) is -1.51. The van der Waals surface area contributed by atoms with Gasteiger partial charge < -0.3 is 9.05 Å². The van der Waals surface area contributed by atoms with Crippen molar-refractivity contribution in [3.63, 3.8) is 0 Å². The van der Waals surface area contributed by atoms with Gasteiger partial charge in [0.05, 0.1) is 5.53 Å². The number of rotatable bonds is 2. The summed E-state index contributed by atoms with van der Waals surface area (Å²) >= 11 is 0. The van der Waals surface area contributed by atoms with Crippen LogP contribution in [0.1, 0.15) is 0 Å². The lowest BCUT2D eigenvalue weighted by atomic mass is 11.4. The standard InChI is InChI=1S/CH4N2O8P2/c2-3-1(10-12(4,5)6)11-13(7,8)9/h2H,(H3-,4,5,6,7,8,9)/p+1. The number of nitrogens with zero attached hydrogens (tertiary/aromatic N) is 1. The lowest BCUT2D eigenvalue weighted by Crippen LogP contribution is -2.07. The fourth-order valence-corrected chi connectivity index (χ4v) is 0.883. The van der Waals surface area contributed by atoms with Crippen LogP contribution in [0.4, 0.5) is 0 Å². The normalized spacial score (nSPS) is 11.7. The summed E-state index contributed by atoms with van der Waals surface area (Å²) in [6, 6.07) is 0. The van der Waals surface area contributed by atoms with Crippen molar-refractivity contribution in [2.75, 3.05) is 0 Å². The lowest BCUT2D eigenvalue weighted by Gasteiger charge is -2.01. The van der Waals surface area contributed by atoms with Gasteiger partial charge in [-0.25, -0.2) is 9.13 Å². The van der Waals surface area contributed by atoms with Crippen LogP contribution in [0.25, 0.3) is 0 Å². The van der Waals surface area contributed by atoms with E-state index in [1.165, 1.54) is 0 Å². The van der Waals surface area contributed by atoms with Crippen LogP contribution in [-0.2, 0) is 18.2 Å². The summed E-state index contributed by atoms with van der Waals surface area (Å²) in [5.41, 5.74) is 6.17. The molecule has 0 radical (unpaired) electrons. The first-order valence-corrected chi connectivity index (χ1v) is 5.45. The second kappa shape index (κ2) is 3.99. The molecule has 0 aliphatic heterocycles. The molecule has 12 heteroatoms. The number of nitrogens with one attached hydrogen (secondary N) is 1. The fourth-order valence-electron chi connectivity index (χ4n) is 0.261. The summed E-state index contributed by atoms with van der Waals surface area (Å²) in [5, 5.41) is 0. The zero-order valence-electron chi connectivity index (χ0n) is 5.76. The first-order valence-electron chi connectivity index (χ1n) is 2.39. The van der Waals surface area contributed by atoms with Crippen LogP contribution in [0.2, 0.25) is 0 Å². The molecular weight excluding hydrogens is 230 g/mol. The Bertz CT molecular complexity index is 291. The average molecular weight is 235 g/mol. The smallest absolute Gasteiger partial charge is 0.300 e. The Morgan fingerprint density at radius 3 is 1.54 bits per heavy atom. The molecule has 0 unspecified atom stereocenters. The van der Waals surface area contributed by atoms with Crippen molar-refractivity contribution >= 4 is 21.7 Å². The van der Waals surface area contributed by atoms with E-state index in [4.69, 9.17) is 25.1 Å². The molecule has 0 aromatic carbocycles. The highest BCUT2D eigenvalue weighted by Gasteiger charge is 2.35. The van der Waals surface area contributed by atoms with Crippen molar-refractivity contribution in [1.82, 2.24) is 0 Å². The summed E-state index contributed by atoms with van der Waals surface area (Å²) in [6.45, 7) is 0. The predicted octanol–water partition coefficient (Wildman–Crippen LogP) is -1.20. The molecule has 0 atom stereocenters. The molecule has 0 aliphatic carbocycles. The number of phosphoric ester groups is 2. The van der Waals surface area contributed by atoms with Gasteiger partial charge in [0.2, 0.25) is 0 Å². The van der Waals surface area contributed by atoms with Gasteiger partial charge in [0, 0.05) is 0 Å². The molecule has 76 valence electrons. The van der Waals surface area contributed by atoms with Crippen molar-refractivity contribution in [1.29, 1.82) is 5.53 Å².